The summed E-state index contributed by atoms with van der Waals surface area (Å²) in [5.41, 5.74) is 2.58. The van der Waals surface area contributed by atoms with Gasteiger partial charge in [0.05, 0.1) is 17.8 Å². The average molecular weight is 392 g/mol. The third-order valence-electron chi connectivity index (χ3n) is 5.57. The number of rotatable bonds is 7. The molecule has 0 radical (unpaired) electrons. The first-order valence-electron chi connectivity index (χ1n) is 10.1. The van der Waals surface area contributed by atoms with Gasteiger partial charge in [-0.2, -0.15) is 0 Å². The topological polar surface area (TPSA) is 102 Å². The maximum atomic E-state index is 14.7. The largest absolute Gasteiger partial charge is 0.382 e. The number of carbonyl (C=O) groups excluding carboxylic acids is 2. The zero-order chi connectivity index (χ0) is 19.9. The summed E-state index contributed by atoms with van der Waals surface area (Å²) >= 11 is 0. The molecule has 1 aromatic rings. The van der Waals surface area contributed by atoms with Crippen molar-refractivity contribution in [1.82, 2.24) is 10.8 Å². The third-order valence-corrected chi connectivity index (χ3v) is 5.57. The molecular formula is C20H29FN4O3. The van der Waals surface area contributed by atoms with E-state index in [9.17, 15) is 14.0 Å². The van der Waals surface area contributed by atoms with Gasteiger partial charge in [0.1, 0.15) is 5.82 Å². The van der Waals surface area contributed by atoms with Gasteiger partial charge in [0, 0.05) is 17.8 Å². The molecule has 3 rings (SSSR count). The SMILES string of the molecule is O=C(CNC(=O)c1cc(F)c(NC2CCCCC2)cc1NC1CCCC1)NO. The molecule has 0 saturated heterocycles. The number of anilines is 2. The Labute approximate surface area is 164 Å². The van der Waals surface area contributed by atoms with Crippen molar-refractivity contribution in [2.45, 2.75) is 69.9 Å². The van der Waals surface area contributed by atoms with Gasteiger partial charge in [-0.15, -0.1) is 0 Å². The summed E-state index contributed by atoms with van der Waals surface area (Å²) in [5, 5.41) is 17.6. The van der Waals surface area contributed by atoms with E-state index in [0.717, 1.165) is 51.4 Å². The monoisotopic (exact) mass is 392 g/mol. The molecule has 0 spiro atoms. The number of hydrogen-bond acceptors (Lipinski definition) is 5. The minimum atomic E-state index is -0.741. The van der Waals surface area contributed by atoms with Gasteiger partial charge in [0.2, 0.25) is 0 Å². The Hall–Kier alpha value is -2.35. The Kier molecular flexibility index (Phi) is 7.08. The number of nitrogens with one attached hydrogen (secondary N) is 4. The van der Waals surface area contributed by atoms with Crippen molar-refractivity contribution in [2.24, 2.45) is 0 Å². The highest BCUT2D eigenvalue weighted by molar-refractivity contribution is 6.01. The van der Waals surface area contributed by atoms with Crippen LogP contribution in [0.3, 0.4) is 0 Å². The molecule has 2 amide bonds. The summed E-state index contributed by atoms with van der Waals surface area (Å²) < 4.78 is 14.7. The lowest BCUT2D eigenvalue weighted by Gasteiger charge is -2.25. The summed E-state index contributed by atoms with van der Waals surface area (Å²) in [7, 11) is 0. The van der Waals surface area contributed by atoms with Crippen LogP contribution in [0.1, 0.15) is 68.1 Å². The lowest BCUT2D eigenvalue weighted by atomic mass is 9.95. The van der Waals surface area contributed by atoms with E-state index < -0.39 is 17.6 Å². The summed E-state index contributed by atoms with van der Waals surface area (Å²) in [5.74, 6) is -1.79. The van der Waals surface area contributed by atoms with Gasteiger partial charge in [-0.1, -0.05) is 32.1 Å². The van der Waals surface area contributed by atoms with Crippen LogP contribution < -0.4 is 21.4 Å². The first-order valence-corrected chi connectivity index (χ1v) is 10.1. The molecule has 2 saturated carbocycles. The van der Waals surface area contributed by atoms with Gasteiger partial charge in [0.25, 0.3) is 11.8 Å². The van der Waals surface area contributed by atoms with Crippen LogP contribution in [-0.2, 0) is 4.79 Å². The molecule has 2 aliphatic rings. The zero-order valence-corrected chi connectivity index (χ0v) is 16.0. The van der Waals surface area contributed by atoms with Crippen molar-refractivity contribution >= 4 is 23.2 Å². The maximum Gasteiger partial charge on any atom is 0.262 e. The van der Waals surface area contributed by atoms with Crippen LogP contribution in [0, 0.1) is 5.82 Å². The number of amides is 2. The molecular weight excluding hydrogens is 363 g/mol. The number of halogens is 1. The molecule has 2 aliphatic carbocycles. The van der Waals surface area contributed by atoms with Gasteiger partial charge in [0.15, 0.2) is 0 Å². The van der Waals surface area contributed by atoms with Crippen molar-refractivity contribution in [3.63, 3.8) is 0 Å². The molecule has 0 heterocycles. The second kappa shape index (κ2) is 9.73. The van der Waals surface area contributed by atoms with E-state index >= 15 is 0 Å². The van der Waals surface area contributed by atoms with Crippen molar-refractivity contribution in [3.8, 4) is 0 Å². The average Bonchev–Trinajstić information content (AvgIpc) is 3.22. The van der Waals surface area contributed by atoms with Crippen molar-refractivity contribution < 1.29 is 19.2 Å². The molecule has 0 unspecified atom stereocenters. The van der Waals surface area contributed by atoms with E-state index in [-0.39, 0.29) is 24.2 Å². The molecule has 8 heteroatoms. The molecule has 0 aromatic heterocycles. The molecule has 1 aromatic carbocycles. The van der Waals surface area contributed by atoms with Crippen molar-refractivity contribution in [1.29, 1.82) is 0 Å². The van der Waals surface area contributed by atoms with Gasteiger partial charge in [-0.25, -0.2) is 9.87 Å². The number of benzene rings is 1. The van der Waals surface area contributed by atoms with Crippen molar-refractivity contribution in [3.05, 3.63) is 23.5 Å². The fraction of sp³-hybridized carbons (Fsp3) is 0.600. The fourth-order valence-corrected chi connectivity index (χ4v) is 4.04. The lowest BCUT2D eigenvalue weighted by molar-refractivity contribution is -0.128. The Balaban J connectivity index is 1.80. The van der Waals surface area contributed by atoms with E-state index in [1.54, 1.807) is 6.07 Å². The minimum Gasteiger partial charge on any atom is -0.382 e. The fourth-order valence-electron chi connectivity index (χ4n) is 4.04. The second-order valence-corrected chi connectivity index (χ2v) is 7.70. The highest BCUT2D eigenvalue weighted by Gasteiger charge is 2.22. The standard InChI is InChI=1S/C20H29FN4O3/c21-16-10-15(20(27)22-12-19(26)25-28)17(23-13-8-4-5-9-13)11-18(16)24-14-6-2-1-3-7-14/h10-11,13-14,23-24,28H,1-9,12H2,(H,22,27)(H,25,26). The van der Waals surface area contributed by atoms with E-state index in [0.29, 0.717) is 11.4 Å². The molecule has 7 nitrogen and oxygen atoms in total. The Bertz CT molecular complexity index is 701. The molecule has 2 fully saturated rings. The first-order chi connectivity index (χ1) is 13.6. The minimum absolute atomic E-state index is 0.157. The highest BCUT2D eigenvalue weighted by atomic mass is 19.1. The Morgan fingerprint density at radius 2 is 1.50 bits per heavy atom. The molecule has 154 valence electrons. The van der Waals surface area contributed by atoms with Crippen LogP contribution in [-0.4, -0.2) is 35.7 Å². The van der Waals surface area contributed by atoms with E-state index in [1.165, 1.54) is 18.0 Å². The van der Waals surface area contributed by atoms with Gasteiger partial charge < -0.3 is 16.0 Å². The highest BCUT2D eigenvalue weighted by Crippen LogP contribution is 2.30. The molecule has 0 aliphatic heterocycles. The van der Waals surface area contributed by atoms with E-state index in [1.807, 2.05) is 0 Å². The van der Waals surface area contributed by atoms with E-state index in [4.69, 9.17) is 5.21 Å². The lowest BCUT2D eigenvalue weighted by Crippen LogP contribution is -2.36. The zero-order valence-electron chi connectivity index (χ0n) is 16.0. The van der Waals surface area contributed by atoms with Gasteiger partial charge in [-0.05, 0) is 37.8 Å². The predicted octanol–water partition coefficient (Wildman–Crippen LogP) is 3.16. The summed E-state index contributed by atoms with van der Waals surface area (Å²) in [6.45, 7) is -0.387. The summed E-state index contributed by atoms with van der Waals surface area (Å²) in [6, 6.07) is 3.38. The van der Waals surface area contributed by atoms with E-state index in [2.05, 4.69) is 16.0 Å². The van der Waals surface area contributed by atoms with Crippen molar-refractivity contribution in [2.75, 3.05) is 17.2 Å². The molecule has 5 N–H and O–H groups in total. The van der Waals surface area contributed by atoms with Gasteiger partial charge in [-0.3, -0.25) is 14.8 Å². The third kappa shape index (κ3) is 5.34. The number of hydrogen-bond donors (Lipinski definition) is 5. The Morgan fingerprint density at radius 3 is 2.11 bits per heavy atom. The van der Waals surface area contributed by atoms with Crippen LogP contribution in [0.4, 0.5) is 15.8 Å². The number of carbonyl (C=O) groups is 2. The van der Waals surface area contributed by atoms with Crippen LogP contribution in [0.25, 0.3) is 0 Å². The quantitative estimate of drug-likeness (QED) is 0.362. The van der Waals surface area contributed by atoms with Crippen LogP contribution in [0.5, 0.6) is 0 Å². The van der Waals surface area contributed by atoms with Crippen LogP contribution in [0.2, 0.25) is 0 Å². The summed E-state index contributed by atoms with van der Waals surface area (Å²) in [6.07, 6.45) is 9.81. The van der Waals surface area contributed by atoms with Gasteiger partial charge >= 0.3 is 0 Å². The maximum absolute atomic E-state index is 14.7. The smallest absolute Gasteiger partial charge is 0.262 e. The van der Waals surface area contributed by atoms with Crippen LogP contribution in [0.15, 0.2) is 12.1 Å². The summed E-state index contributed by atoms with van der Waals surface area (Å²) in [4.78, 5) is 23.7. The molecule has 0 bridgehead atoms. The Morgan fingerprint density at radius 1 is 0.929 bits per heavy atom. The number of hydroxylamine groups is 1. The second-order valence-electron chi connectivity index (χ2n) is 7.70. The molecule has 28 heavy (non-hydrogen) atoms. The van der Waals surface area contributed by atoms with Crippen LogP contribution >= 0.6 is 0 Å². The molecule has 0 atom stereocenters. The predicted molar refractivity (Wildman–Crippen MR) is 105 cm³/mol. The first kappa shape index (κ1) is 20.4. The normalized spacial score (nSPS) is 17.9.